The molecule has 1 atom stereocenters. The lowest BCUT2D eigenvalue weighted by Crippen LogP contribution is -2.40. The summed E-state index contributed by atoms with van der Waals surface area (Å²) < 4.78 is 0. The quantitative estimate of drug-likeness (QED) is 0.873. The smallest absolute Gasteiger partial charge is 0.228 e. The van der Waals surface area contributed by atoms with Gasteiger partial charge in [-0.25, -0.2) is 15.0 Å². The van der Waals surface area contributed by atoms with Crippen molar-refractivity contribution in [1.29, 1.82) is 0 Å². The van der Waals surface area contributed by atoms with Gasteiger partial charge in [0.15, 0.2) is 0 Å². The average Bonchev–Trinajstić information content (AvgIpc) is 2.92. The van der Waals surface area contributed by atoms with E-state index in [-0.39, 0.29) is 5.91 Å². The first-order chi connectivity index (χ1) is 10.6. The third-order valence-corrected chi connectivity index (χ3v) is 4.81. The maximum absolute atomic E-state index is 12.5. The number of thiazole rings is 1. The zero-order valence-corrected chi connectivity index (χ0v) is 13.8. The summed E-state index contributed by atoms with van der Waals surface area (Å²) in [6.07, 6.45) is 4.31. The van der Waals surface area contributed by atoms with E-state index in [1.165, 1.54) is 0 Å². The first-order valence-corrected chi connectivity index (χ1v) is 8.48. The molecule has 116 valence electrons. The summed E-state index contributed by atoms with van der Waals surface area (Å²) in [6.45, 7) is 5.45. The molecule has 0 aliphatic carbocycles. The van der Waals surface area contributed by atoms with Gasteiger partial charge in [-0.15, -0.1) is 11.3 Å². The molecule has 5 nitrogen and oxygen atoms in total. The highest BCUT2D eigenvalue weighted by Gasteiger charge is 2.26. The predicted octanol–water partition coefficient (Wildman–Crippen LogP) is 2.50. The molecular weight excluding hydrogens is 296 g/mol. The summed E-state index contributed by atoms with van der Waals surface area (Å²) in [4.78, 5) is 27.5. The normalized spacial score (nSPS) is 18.5. The molecule has 3 heterocycles. The fraction of sp³-hybridized carbons (Fsp3) is 0.500. The van der Waals surface area contributed by atoms with Crippen LogP contribution in [-0.4, -0.2) is 38.8 Å². The van der Waals surface area contributed by atoms with Crippen molar-refractivity contribution in [2.45, 2.75) is 39.0 Å². The lowest BCUT2D eigenvalue weighted by atomic mass is 9.94. The maximum atomic E-state index is 12.5. The van der Waals surface area contributed by atoms with Crippen LogP contribution in [-0.2, 0) is 11.2 Å². The fourth-order valence-electron chi connectivity index (χ4n) is 2.90. The molecule has 1 aliphatic rings. The highest BCUT2D eigenvalue weighted by Crippen LogP contribution is 2.26. The number of amides is 1. The Bertz CT molecular complexity index is 670. The SMILES string of the molecule is Cc1nccc([C@H]2CCCN(C(=O)Cc3csc(C)n3)C2)n1. The topological polar surface area (TPSA) is 59.0 Å². The van der Waals surface area contributed by atoms with E-state index in [1.807, 2.05) is 30.2 Å². The van der Waals surface area contributed by atoms with Gasteiger partial charge in [0.1, 0.15) is 5.82 Å². The molecule has 0 saturated carbocycles. The van der Waals surface area contributed by atoms with Crippen molar-refractivity contribution in [3.63, 3.8) is 0 Å². The van der Waals surface area contributed by atoms with E-state index < -0.39 is 0 Å². The van der Waals surface area contributed by atoms with Gasteiger partial charge in [-0.2, -0.15) is 0 Å². The van der Waals surface area contributed by atoms with Crippen LogP contribution in [0.3, 0.4) is 0 Å². The van der Waals surface area contributed by atoms with Crippen molar-refractivity contribution < 1.29 is 4.79 Å². The molecule has 3 rings (SSSR count). The van der Waals surface area contributed by atoms with Crippen LogP contribution in [0.25, 0.3) is 0 Å². The zero-order valence-electron chi connectivity index (χ0n) is 13.0. The standard InChI is InChI=1S/C16H20N4OS/c1-11-17-6-5-15(18-11)13-4-3-7-20(9-13)16(21)8-14-10-22-12(2)19-14/h5-6,10,13H,3-4,7-9H2,1-2H3/t13-/m0/s1. The molecule has 2 aromatic rings. The van der Waals surface area contributed by atoms with Crippen LogP contribution < -0.4 is 0 Å². The lowest BCUT2D eigenvalue weighted by molar-refractivity contribution is -0.131. The third-order valence-electron chi connectivity index (χ3n) is 3.99. The zero-order chi connectivity index (χ0) is 15.5. The number of aryl methyl sites for hydroxylation is 2. The number of hydrogen-bond donors (Lipinski definition) is 0. The Kier molecular flexibility index (Phi) is 4.47. The van der Waals surface area contributed by atoms with Crippen LogP contribution in [0, 0.1) is 13.8 Å². The maximum Gasteiger partial charge on any atom is 0.228 e. The lowest BCUT2D eigenvalue weighted by Gasteiger charge is -2.32. The van der Waals surface area contributed by atoms with Gasteiger partial charge in [0, 0.05) is 36.3 Å². The summed E-state index contributed by atoms with van der Waals surface area (Å²) in [6, 6.07) is 1.97. The third kappa shape index (κ3) is 3.50. The fourth-order valence-corrected chi connectivity index (χ4v) is 3.52. The van der Waals surface area contributed by atoms with Crippen LogP contribution in [0.1, 0.15) is 41.0 Å². The molecule has 1 fully saturated rings. The highest BCUT2D eigenvalue weighted by molar-refractivity contribution is 7.09. The van der Waals surface area contributed by atoms with Crippen molar-refractivity contribution in [2.24, 2.45) is 0 Å². The molecular formula is C16H20N4OS. The van der Waals surface area contributed by atoms with Crippen LogP contribution in [0.15, 0.2) is 17.6 Å². The van der Waals surface area contributed by atoms with Gasteiger partial charge < -0.3 is 4.90 Å². The number of carbonyl (C=O) groups is 1. The van der Waals surface area contributed by atoms with Crippen molar-refractivity contribution in [1.82, 2.24) is 19.9 Å². The molecule has 0 radical (unpaired) electrons. The summed E-state index contributed by atoms with van der Waals surface area (Å²) in [5.41, 5.74) is 1.93. The summed E-state index contributed by atoms with van der Waals surface area (Å²) in [7, 11) is 0. The molecule has 6 heteroatoms. The molecule has 1 saturated heterocycles. The van der Waals surface area contributed by atoms with Crippen LogP contribution in [0.5, 0.6) is 0 Å². The van der Waals surface area contributed by atoms with Crippen molar-refractivity contribution in [2.75, 3.05) is 13.1 Å². The average molecular weight is 316 g/mol. The summed E-state index contributed by atoms with van der Waals surface area (Å²) in [5.74, 6) is 1.27. The number of carbonyl (C=O) groups excluding carboxylic acids is 1. The number of nitrogens with zero attached hydrogens (tertiary/aromatic N) is 4. The van der Waals surface area contributed by atoms with Gasteiger partial charge >= 0.3 is 0 Å². The molecule has 0 aromatic carbocycles. The minimum absolute atomic E-state index is 0.167. The van der Waals surface area contributed by atoms with E-state index >= 15 is 0 Å². The number of likely N-dealkylation sites (tertiary alicyclic amines) is 1. The summed E-state index contributed by atoms with van der Waals surface area (Å²) >= 11 is 1.59. The Balaban J connectivity index is 1.66. The van der Waals surface area contributed by atoms with Gasteiger partial charge in [-0.1, -0.05) is 0 Å². The summed E-state index contributed by atoms with van der Waals surface area (Å²) in [5, 5.41) is 2.98. The van der Waals surface area contributed by atoms with E-state index in [0.717, 1.165) is 48.2 Å². The Labute approximate surface area is 134 Å². The Hall–Kier alpha value is -1.82. The molecule has 0 bridgehead atoms. The number of rotatable bonds is 3. The molecule has 0 spiro atoms. The Morgan fingerprint density at radius 3 is 3.00 bits per heavy atom. The monoisotopic (exact) mass is 316 g/mol. The van der Waals surface area contributed by atoms with Gasteiger partial charge in [0.05, 0.1) is 17.1 Å². The van der Waals surface area contributed by atoms with Gasteiger partial charge in [0.2, 0.25) is 5.91 Å². The Morgan fingerprint density at radius 2 is 2.27 bits per heavy atom. The minimum atomic E-state index is 0.167. The molecule has 2 aromatic heterocycles. The van der Waals surface area contributed by atoms with Crippen molar-refractivity contribution >= 4 is 17.2 Å². The molecule has 1 aliphatic heterocycles. The highest BCUT2D eigenvalue weighted by atomic mass is 32.1. The van der Waals surface area contributed by atoms with Gasteiger partial charge in [0.25, 0.3) is 0 Å². The second-order valence-corrected chi connectivity index (χ2v) is 6.80. The number of piperidine rings is 1. The van der Waals surface area contributed by atoms with E-state index in [2.05, 4.69) is 15.0 Å². The van der Waals surface area contributed by atoms with E-state index in [9.17, 15) is 4.79 Å². The number of hydrogen-bond acceptors (Lipinski definition) is 5. The molecule has 22 heavy (non-hydrogen) atoms. The second-order valence-electron chi connectivity index (χ2n) is 5.74. The molecule has 0 unspecified atom stereocenters. The van der Waals surface area contributed by atoms with Crippen LogP contribution >= 0.6 is 11.3 Å². The van der Waals surface area contributed by atoms with Gasteiger partial charge in [-0.3, -0.25) is 4.79 Å². The van der Waals surface area contributed by atoms with Crippen molar-refractivity contribution in [3.8, 4) is 0 Å². The molecule has 0 N–H and O–H groups in total. The predicted molar refractivity (Wildman–Crippen MR) is 85.9 cm³/mol. The largest absolute Gasteiger partial charge is 0.342 e. The first kappa shape index (κ1) is 15.1. The second kappa shape index (κ2) is 6.52. The minimum Gasteiger partial charge on any atom is -0.342 e. The van der Waals surface area contributed by atoms with Gasteiger partial charge in [-0.05, 0) is 32.8 Å². The van der Waals surface area contributed by atoms with E-state index in [4.69, 9.17) is 0 Å². The first-order valence-electron chi connectivity index (χ1n) is 7.60. The van der Waals surface area contributed by atoms with Crippen LogP contribution in [0.2, 0.25) is 0 Å². The molecule has 1 amide bonds. The number of aromatic nitrogens is 3. The van der Waals surface area contributed by atoms with Crippen LogP contribution in [0.4, 0.5) is 0 Å². The Morgan fingerprint density at radius 1 is 1.41 bits per heavy atom. The van der Waals surface area contributed by atoms with E-state index in [1.54, 1.807) is 17.5 Å². The van der Waals surface area contributed by atoms with Crippen molar-refractivity contribution in [3.05, 3.63) is 39.9 Å². The van der Waals surface area contributed by atoms with E-state index in [0.29, 0.717) is 12.3 Å².